The molecule has 0 saturated carbocycles. The molecule has 2 N–H and O–H groups in total. The Hall–Kier alpha value is -1.68. The summed E-state index contributed by atoms with van der Waals surface area (Å²) in [6.07, 6.45) is 2.14. The van der Waals surface area contributed by atoms with E-state index in [4.69, 9.17) is 10.2 Å². The maximum absolute atomic E-state index is 12.7. The first kappa shape index (κ1) is 10.4. The van der Waals surface area contributed by atoms with Crippen LogP contribution < -0.4 is 0 Å². The summed E-state index contributed by atoms with van der Waals surface area (Å²) in [6.45, 7) is -0.250. The third-order valence-corrected chi connectivity index (χ3v) is 1.68. The van der Waals surface area contributed by atoms with Gasteiger partial charge < -0.3 is 10.2 Å². The van der Waals surface area contributed by atoms with E-state index in [-0.39, 0.29) is 6.61 Å². The third kappa shape index (κ3) is 2.67. The Kier molecular flexibility index (Phi) is 3.36. The van der Waals surface area contributed by atoms with Crippen LogP contribution in [-0.4, -0.2) is 16.2 Å². The van der Waals surface area contributed by atoms with Crippen molar-refractivity contribution in [2.75, 3.05) is 0 Å². The molecule has 0 unspecified atom stereocenters. The Labute approximate surface area is 80.1 Å². The summed E-state index contributed by atoms with van der Waals surface area (Å²) in [5.74, 6) is -1.58. The molecule has 0 aromatic heterocycles. The molecule has 1 rings (SSSR count). The second-order valence-corrected chi connectivity index (χ2v) is 2.67. The van der Waals surface area contributed by atoms with E-state index in [1.165, 1.54) is 24.3 Å². The number of aliphatic hydroxyl groups is 1. The predicted molar refractivity (Wildman–Crippen MR) is 49.0 cm³/mol. The number of halogens is 1. The Balaban J connectivity index is 3.04. The molecule has 3 nitrogen and oxygen atoms in total. The molecule has 0 fully saturated rings. The first-order valence-electron chi connectivity index (χ1n) is 3.94. The lowest BCUT2D eigenvalue weighted by Crippen LogP contribution is -1.91. The van der Waals surface area contributed by atoms with E-state index in [1.54, 1.807) is 0 Å². The fourth-order valence-electron chi connectivity index (χ4n) is 1.03. The quantitative estimate of drug-likeness (QED) is 0.719. The summed E-state index contributed by atoms with van der Waals surface area (Å²) in [7, 11) is 0. The van der Waals surface area contributed by atoms with Crippen LogP contribution in [0.3, 0.4) is 0 Å². The number of aliphatic carboxylic acids is 1. The molecule has 0 amide bonds. The lowest BCUT2D eigenvalue weighted by molar-refractivity contribution is -0.131. The molecular weight excluding hydrogens is 187 g/mol. The summed E-state index contributed by atoms with van der Waals surface area (Å²) in [5, 5.41) is 17.2. The minimum absolute atomic E-state index is 0.250. The maximum Gasteiger partial charge on any atom is 0.328 e. The van der Waals surface area contributed by atoms with Gasteiger partial charge in [0.2, 0.25) is 0 Å². The van der Waals surface area contributed by atoms with Crippen LogP contribution in [-0.2, 0) is 11.4 Å². The molecule has 0 saturated heterocycles. The van der Waals surface area contributed by atoms with Crippen molar-refractivity contribution in [3.05, 3.63) is 41.2 Å². The van der Waals surface area contributed by atoms with Crippen molar-refractivity contribution in [3.63, 3.8) is 0 Å². The number of hydrogen-bond acceptors (Lipinski definition) is 2. The summed E-state index contributed by atoms with van der Waals surface area (Å²) in [6, 6.07) is 3.80. The van der Waals surface area contributed by atoms with Crippen molar-refractivity contribution in [2.45, 2.75) is 6.61 Å². The molecule has 0 aliphatic rings. The second-order valence-electron chi connectivity index (χ2n) is 2.67. The zero-order chi connectivity index (χ0) is 10.6. The molecule has 74 valence electrons. The normalized spacial score (nSPS) is 10.7. The molecule has 0 bridgehead atoms. The van der Waals surface area contributed by atoms with Crippen LogP contribution in [0.1, 0.15) is 11.1 Å². The lowest BCUT2D eigenvalue weighted by atomic mass is 10.1. The van der Waals surface area contributed by atoms with Crippen molar-refractivity contribution < 1.29 is 19.4 Å². The summed E-state index contributed by atoms with van der Waals surface area (Å²) in [5.41, 5.74) is 0.860. The number of carbonyl (C=O) groups is 1. The smallest absolute Gasteiger partial charge is 0.328 e. The lowest BCUT2D eigenvalue weighted by Gasteiger charge is -2.01. The van der Waals surface area contributed by atoms with E-state index < -0.39 is 11.8 Å². The minimum atomic E-state index is -1.11. The van der Waals surface area contributed by atoms with Gasteiger partial charge in [0.25, 0.3) is 0 Å². The van der Waals surface area contributed by atoms with Crippen LogP contribution >= 0.6 is 0 Å². The van der Waals surface area contributed by atoms with Gasteiger partial charge in [0.15, 0.2) is 0 Å². The molecule has 4 heteroatoms. The summed E-state index contributed by atoms with van der Waals surface area (Å²) in [4.78, 5) is 10.2. The zero-order valence-electron chi connectivity index (χ0n) is 7.27. The maximum atomic E-state index is 12.7. The highest BCUT2D eigenvalue weighted by atomic mass is 19.1. The Morgan fingerprint density at radius 1 is 1.50 bits per heavy atom. The van der Waals surface area contributed by atoms with Crippen LogP contribution in [0.2, 0.25) is 0 Å². The van der Waals surface area contributed by atoms with Gasteiger partial charge in [-0.2, -0.15) is 0 Å². The standard InChI is InChI=1S/C10H9FO3/c11-9-3-1-8(6-12)7(5-9)2-4-10(13)14/h1-5,12H,6H2,(H,13,14)/b4-2+. The largest absolute Gasteiger partial charge is 0.478 e. The van der Waals surface area contributed by atoms with E-state index in [2.05, 4.69) is 0 Å². The van der Waals surface area contributed by atoms with Crippen LogP contribution in [0.4, 0.5) is 4.39 Å². The van der Waals surface area contributed by atoms with Gasteiger partial charge >= 0.3 is 5.97 Å². The van der Waals surface area contributed by atoms with E-state index in [1.807, 2.05) is 0 Å². The molecule has 0 aliphatic carbocycles. The average molecular weight is 196 g/mol. The highest BCUT2D eigenvalue weighted by Gasteiger charge is 2.00. The number of benzene rings is 1. The number of rotatable bonds is 3. The van der Waals surface area contributed by atoms with E-state index in [0.717, 1.165) is 6.08 Å². The van der Waals surface area contributed by atoms with Gasteiger partial charge in [0.1, 0.15) is 5.82 Å². The highest BCUT2D eigenvalue weighted by Crippen LogP contribution is 2.13. The van der Waals surface area contributed by atoms with E-state index in [0.29, 0.717) is 11.1 Å². The zero-order valence-corrected chi connectivity index (χ0v) is 7.27. The molecule has 0 heterocycles. The molecule has 0 spiro atoms. The molecule has 1 aromatic carbocycles. The predicted octanol–water partition coefficient (Wildman–Crippen LogP) is 1.42. The van der Waals surface area contributed by atoms with Crippen molar-refractivity contribution in [3.8, 4) is 0 Å². The van der Waals surface area contributed by atoms with Gasteiger partial charge in [-0.05, 0) is 29.3 Å². The monoisotopic (exact) mass is 196 g/mol. The number of aliphatic hydroxyl groups excluding tert-OH is 1. The molecule has 0 atom stereocenters. The van der Waals surface area contributed by atoms with Gasteiger partial charge in [-0.15, -0.1) is 0 Å². The fourth-order valence-corrected chi connectivity index (χ4v) is 1.03. The van der Waals surface area contributed by atoms with Crippen LogP contribution in [0.25, 0.3) is 6.08 Å². The van der Waals surface area contributed by atoms with Gasteiger partial charge in [-0.3, -0.25) is 0 Å². The van der Waals surface area contributed by atoms with Gasteiger partial charge in [-0.1, -0.05) is 6.07 Å². The second kappa shape index (κ2) is 4.53. The first-order valence-corrected chi connectivity index (χ1v) is 3.94. The number of carboxylic acid groups (broad SMARTS) is 1. The van der Waals surface area contributed by atoms with E-state index in [9.17, 15) is 9.18 Å². The van der Waals surface area contributed by atoms with Crippen molar-refractivity contribution in [2.24, 2.45) is 0 Å². The number of hydrogen-bond donors (Lipinski definition) is 2. The van der Waals surface area contributed by atoms with E-state index >= 15 is 0 Å². The van der Waals surface area contributed by atoms with Gasteiger partial charge in [0.05, 0.1) is 6.61 Å². The van der Waals surface area contributed by atoms with Crippen molar-refractivity contribution >= 4 is 12.0 Å². The van der Waals surface area contributed by atoms with Crippen LogP contribution in [0.5, 0.6) is 0 Å². The molecule has 0 aliphatic heterocycles. The Morgan fingerprint density at radius 2 is 2.21 bits per heavy atom. The van der Waals surface area contributed by atoms with Crippen LogP contribution in [0.15, 0.2) is 24.3 Å². The molecule has 14 heavy (non-hydrogen) atoms. The fraction of sp³-hybridized carbons (Fsp3) is 0.100. The molecule has 1 aromatic rings. The van der Waals surface area contributed by atoms with Crippen molar-refractivity contribution in [1.82, 2.24) is 0 Å². The third-order valence-electron chi connectivity index (χ3n) is 1.68. The average Bonchev–Trinajstić information content (AvgIpc) is 2.15. The Morgan fingerprint density at radius 3 is 2.79 bits per heavy atom. The molecule has 0 radical (unpaired) electrons. The van der Waals surface area contributed by atoms with Gasteiger partial charge in [0, 0.05) is 6.08 Å². The first-order chi connectivity index (χ1) is 6.63. The molecular formula is C10H9FO3. The number of carboxylic acids is 1. The van der Waals surface area contributed by atoms with Gasteiger partial charge in [-0.25, -0.2) is 9.18 Å². The SMILES string of the molecule is O=C(O)/C=C/c1cc(F)ccc1CO. The minimum Gasteiger partial charge on any atom is -0.478 e. The highest BCUT2D eigenvalue weighted by molar-refractivity contribution is 5.85. The topological polar surface area (TPSA) is 57.5 Å². The summed E-state index contributed by atoms with van der Waals surface area (Å²) >= 11 is 0. The summed E-state index contributed by atoms with van der Waals surface area (Å²) < 4.78 is 12.7. The van der Waals surface area contributed by atoms with Crippen molar-refractivity contribution in [1.29, 1.82) is 0 Å². The van der Waals surface area contributed by atoms with Crippen LogP contribution in [0, 0.1) is 5.82 Å². The Bertz CT molecular complexity index is 372.